The van der Waals surface area contributed by atoms with E-state index in [-0.39, 0.29) is 12.6 Å². The minimum Gasteiger partial charge on any atom is -0.491 e. The maximum atomic E-state index is 11.6. The number of ether oxygens (including phenoxy) is 2. The van der Waals surface area contributed by atoms with E-state index in [1.54, 1.807) is 6.20 Å². The standard InChI is InChI=1S/C15H18N2O3/c1-3-16-13(15(18)19-2)10-20-14-8-4-7-12-11(14)6-5-9-17-12/h4-9,13,16H,3,10H2,1-2H3. The minimum absolute atomic E-state index is 0.217. The molecule has 1 atom stereocenters. The molecule has 2 aromatic rings. The summed E-state index contributed by atoms with van der Waals surface area (Å²) in [5.74, 6) is 0.382. The van der Waals surface area contributed by atoms with Crippen LogP contribution in [0.5, 0.6) is 5.75 Å². The van der Waals surface area contributed by atoms with Gasteiger partial charge in [-0.3, -0.25) is 9.78 Å². The van der Waals surface area contributed by atoms with E-state index >= 15 is 0 Å². The fourth-order valence-corrected chi connectivity index (χ4v) is 1.97. The Kier molecular flexibility index (Phi) is 4.90. The van der Waals surface area contributed by atoms with Crippen LogP contribution in [-0.2, 0) is 9.53 Å². The number of likely N-dealkylation sites (N-methyl/N-ethyl adjacent to an activating group) is 1. The Morgan fingerprint density at radius 3 is 2.95 bits per heavy atom. The molecule has 5 heteroatoms. The molecule has 5 nitrogen and oxygen atoms in total. The van der Waals surface area contributed by atoms with Gasteiger partial charge in [-0.15, -0.1) is 0 Å². The zero-order chi connectivity index (χ0) is 14.4. The van der Waals surface area contributed by atoms with E-state index in [0.29, 0.717) is 12.3 Å². The molecule has 0 saturated heterocycles. The first kappa shape index (κ1) is 14.3. The maximum absolute atomic E-state index is 11.6. The van der Waals surface area contributed by atoms with Gasteiger partial charge in [0.15, 0.2) is 0 Å². The number of fused-ring (bicyclic) bond motifs is 1. The third-order valence-corrected chi connectivity index (χ3v) is 2.95. The first-order valence-electron chi connectivity index (χ1n) is 6.54. The number of nitrogens with one attached hydrogen (secondary N) is 1. The highest BCUT2D eigenvalue weighted by molar-refractivity contribution is 5.84. The lowest BCUT2D eigenvalue weighted by Crippen LogP contribution is -2.42. The molecular formula is C15H18N2O3. The van der Waals surface area contributed by atoms with Crippen LogP contribution >= 0.6 is 0 Å². The van der Waals surface area contributed by atoms with Crippen LogP contribution in [0.15, 0.2) is 36.5 Å². The van der Waals surface area contributed by atoms with Gasteiger partial charge in [0.25, 0.3) is 0 Å². The highest BCUT2D eigenvalue weighted by atomic mass is 16.5. The van der Waals surface area contributed by atoms with Crippen LogP contribution in [0.25, 0.3) is 10.9 Å². The lowest BCUT2D eigenvalue weighted by molar-refractivity contribution is -0.143. The Bertz CT molecular complexity index is 581. The van der Waals surface area contributed by atoms with Gasteiger partial charge in [0.1, 0.15) is 18.4 Å². The first-order valence-corrected chi connectivity index (χ1v) is 6.54. The van der Waals surface area contributed by atoms with E-state index < -0.39 is 6.04 Å². The van der Waals surface area contributed by atoms with Gasteiger partial charge in [-0.25, -0.2) is 0 Å². The Balaban J connectivity index is 2.13. The number of methoxy groups -OCH3 is 1. The summed E-state index contributed by atoms with van der Waals surface area (Å²) < 4.78 is 10.5. The normalized spacial score (nSPS) is 12.1. The molecule has 1 unspecified atom stereocenters. The summed E-state index contributed by atoms with van der Waals surface area (Å²) in [5.41, 5.74) is 0.864. The summed E-state index contributed by atoms with van der Waals surface area (Å²) in [7, 11) is 1.37. The van der Waals surface area contributed by atoms with Gasteiger partial charge in [-0.1, -0.05) is 13.0 Å². The fourth-order valence-electron chi connectivity index (χ4n) is 1.97. The van der Waals surface area contributed by atoms with E-state index in [0.717, 1.165) is 10.9 Å². The predicted molar refractivity (Wildman–Crippen MR) is 76.7 cm³/mol. The van der Waals surface area contributed by atoms with Crippen molar-refractivity contribution in [2.24, 2.45) is 0 Å². The summed E-state index contributed by atoms with van der Waals surface area (Å²) in [6, 6.07) is 8.99. The van der Waals surface area contributed by atoms with Crippen molar-refractivity contribution < 1.29 is 14.3 Å². The molecule has 1 N–H and O–H groups in total. The number of nitrogens with zero attached hydrogens (tertiary/aromatic N) is 1. The largest absolute Gasteiger partial charge is 0.491 e. The van der Waals surface area contributed by atoms with Crippen molar-refractivity contribution in [3.8, 4) is 5.75 Å². The van der Waals surface area contributed by atoms with Crippen LogP contribution in [-0.4, -0.2) is 37.3 Å². The molecule has 106 valence electrons. The van der Waals surface area contributed by atoms with Crippen LogP contribution in [0.4, 0.5) is 0 Å². The highest BCUT2D eigenvalue weighted by Gasteiger charge is 2.19. The van der Waals surface area contributed by atoms with Crippen molar-refractivity contribution in [2.45, 2.75) is 13.0 Å². The molecule has 1 aromatic carbocycles. The molecule has 20 heavy (non-hydrogen) atoms. The molecule has 0 aliphatic heterocycles. The van der Waals surface area contributed by atoms with Crippen LogP contribution in [0, 0.1) is 0 Å². The molecule has 0 fully saturated rings. The predicted octanol–water partition coefficient (Wildman–Crippen LogP) is 1.76. The second-order valence-electron chi connectivity index (χ2n) is 4.27. The van der Waals surface area contributed by atoms with Crippen molar-refractivity contribution in [1.29, 1.82) is 0 Å². The number of carbonyl (C=O) groups excluding carboxylic acids is 1. The first-order chi connectivity index (χ1) is 9.76. The fraction of sp³-hybridized carbons (Fsp3) is 0.333. The van der Waals surface area contributed by atoms with Gasteiger partial charge in [0.2, 0.25) is 0 Å². The smallest absolute Gasteiger partial charge is 0.326 e. The van der Waals surface area contributed by atoms with Gasteiger partial charge in [0.05, 0.1) is 12.6 Å². The number of hydrogen-bond donors (Lipinski definition) is 1. The Morgan fingerprint density at radius 2 is 2.20 bits per heavy atom. The van der Waals surface area contributed by atoms with E-state index in [2.05, 4.69) is 10.3 Å². The number of esters is 1. The topological polar surface area (TPSA) is 60.5 Å². The van der Waals surface area contributed by atoms with Gasteiger partial charge >= 0.3 is 5.97 Å². The Morgan fingerprint density at radius 1 is 1.35 bits per heavy atom. The Labute approximate surface area is 117 Å². The van der Waals surface area contributed by atoms with Gasteiger partial charge in [0, 0.05) is 11.6 Å². The molecule has 0 aliphatic rings. The summed E-state index contributed by atoms with van der Waals surface area (Å²) in [6.45, 7) is 2.81. The summed E-state index contributed by atoms with van der Waals surface area (Å²) in [4.78, 5) is 15.9. The van der Waals surface area contributed by atoms with Gasteiger partial charge in [-0.2, -0.15) is 0 Å². The molecule has 1 aromatic heterocycles. The second kappa shape index (κ2) is 6.86. The maximum Gasteiger partial charge on any atom is 0.326 e. The highest BCUT2D eigenvalue weighted by Crippen LogP contribution is 2.23. The number of rotatable bonds is 6. The molecular weight excluding hydrogens is 256 g/mol. The zero-order valence-corrected chi connectivity index (χ0v) is 11.6. The van der Waals surface area contributed by atoms with Crippen molar-refractivity contribution in [1.82, 2.24) is 10.3 Å². The monoisotopic (exact) mass is 274 g/mol. The molecule has 0 amide bonds. The lowest BCUT2D eigenvalue weighted by Gasteiger charge is -2.16. The average Bonchev–Trinajstić information content (AvgIpc) is 2.50. The van der Waals surface area contributed by atoms with Crippen LogP contribution in [0.2, 0.25) is 0 Å². The summed E-state index contributed by atoms with van der Waals surface area (Å²) in [6.07, 6.45) is 1.74. The van der Waals surface area contributed by atoms with Crippen LogP contribution in [0.3, 0.4) is 0 Å². The molecule has 0 saturated carbocycles. The van der Waals surface area contributed by atoms with Gasteiger partial charge < -0.3 is 14.8 Å². The van der Waals surface area contributed by atoms with E-state index in [9.17, 15) is 4.79 Å². The number of pyridine rings is 1. The molecule has 0 aliphatic carbocycles. The van der Waals surface area contributed by atoms with Crippen molar-refractivity contribution in [3.63, 3.8) is 0 Å². The summed E-state index contributed by atoms with van der Waals surface area (Å²) in [5, 5.41) is 3.96. The summed E-state index contributed by atoms with van der Waals surface area (Å²) >= 11 is 0. The van der Waals surface area contributed by atoms with Crippen molar-refractivity contribution >= 4 is 16.9 Å². The average molecular weight is 274 g/mol. The van der Waals surface area contributed by atoms with E-state index in [4.69, 9.17) is 9.47 Å². The number of benzene rings is 1. The van der Waals surface area contributed by atoms with Gasteiger partial charge in [-0.05, 0) is 30.8 Å². The number of aromatic nitrogens is 1. The zero-order valence-electron chi connectivity index (χ0n) is 11.6. The van der Waals surface area contributed by atoms with Crippen LogP contribution < -0.4 is 10.1 Å². The molecule has 1 heterocycles. The minimum atomic E-state index is -0.475. The molecule has 0 spiro atoms. The quantitative estimate of drug-likeness (QED) is 0.813. The lowest BCUT2D eigenvalue weighted by atomic mass is 10.2. The van der Waals surface area contributed by atoms with Crippen molar-refractivity contribution in [2.75, 3.05) is 20.3 Å². The second-order valence-corrected chi connectivity index (χ2v) is 4.27. The molecule has 0 radical (unpaired) electrons. The van der Waals surface area contributed by atoms with E-state index in [1.807, 2.05) is 37.3 Å². The third-order valence-electron chi connectivity index (χ3n) is 2.95. The van der Waals surface area contributed by atoms with Crippen LogP contribution in [0.1, 0.15) is 6.92 Å². The number of carbonyl (C=O) groups is 1. The SMILES string of the molecule is CCNC(COc1cccc2ncccc12)C(=O)OC. The third kappa shape index (κ3) is 3.24. The van der Waals surface area contributed by atoms with Crippen molar-refractivity contribution in [3.05, 3.63) is 36.5 Å². The Hall–Kier alpha value is -2.14. The number of hydrogen-bond acceptors (Lipinski definition) is 5. The molecule has 0 bridgehead atoms. The van der Waals surface area contributed by atoms with E-state index in [1.165, 1.54) is 7.11 Å². The molecule has 2 rings (SSSR count).